The molecule has 1 aromatic heterocycles. The van der Waals surface area contributed by atoms with Gasteiger partial charge in [-0.3, -0.25) is 9.59 Å². The second kappa shape index (κ2) is 11.2. The van der Waals surface area contributed by atoms with Crippen LogP contribution in [0.4, 0.5) is 5.82 Å². The number of pyridine rings is 1. The van der Waals surface area contributed by atoms with Crippen molar-refractivity contribution in [2.45, 2.75) is 26.3 Å². The molecule has 2 heterocycles. The Bertz CT molecular complexity index is 1040. The number of nitrogens with one attached hydrogen (secondary N) is 2. The third-order valence-electron chi connectivity index (χ3n) is 5.53. The van der Waals surface area contributed by atoms with Crippen molar-refractivity contribution in [1.82, 2.24) is 19.9 Å². The van der Waals surface area contributed by atoms with Crippen LogP contribution in [0, 0.1) is 6.92 Å². The van der Waals surface area contributed by atoms with Gasteiger partial charge in [0.25, 0.3) is 0 Å². The van der Waals surface area contributed by atoms with E-state index in [9.17, 15) is 18.0 Å². The minimum absolute atomic E-state index is 0.0162. The summed E-state index contributed by atoms with van der Waals surface area (Å²) in [5.74, 6) is 0.118. The van der Waals surface area contributed by atoms with Crippen LogP contribution in [0.5, 0.6) is 0 Å². The molecule has 2 N–H and O–H groups in total. The molecule has 33 heavy (non-hydrogen) atoms. The smallest absolute Gasteiger partial charge is 0.222 e. The van der Waals surface area contributed by atoms with E-state index in [0.29, 0.717) is 26.2 Å². The number of benzene rings is 1. The van der Waals surface area contributed by atoms with Crippen LogP contribution in [0.3, 0.4) is 0 Å². The fourth-order valence-corrected chi connectivity index (χ4v) is 5.08. The third-order valence-corrected chi connectivity index (χ3v) is 7.41. The number of hydrogen-bond donors (Lipinski definition) is 2. The van der Waals surface area contributed by atoms with Gasteiger partial charge >= 0.3 is 0 Å². The number of sulfonamides is 1. The summed E-state index contributed by atoms with van der Waals surface area (Å²) >= 11 is 0. The number of nitrogens with zero attached hydrogens (tertiary/aromatic N) is 3. The first-order valence-electron chi connectivity index (χ1n) is 11.0. The number of hydrogen-bond acceptors (Lipinski definition) is 6. The number of carbonyl (C=O) groups is 2. The average Bonchev–Trinajstić information content (AvgIpc) is 2.79. The molecule has 1 aliphatic rings. The van der Waals surface area contributed by atoms with Crippen LogP contribution in [0.2, 0.25) is 0 Å². The minimum Gasteiger partial charge on any atom is -0.355 e. The van der Waals surface area contributed by atoms with E-state index in [4.69, 9.17) is 0 Å². The van der Waals surface area contributed by atoms with Gasteiger partial charge in [-0.25, -0.2) is 13.4 Å². The molecule has 9 nitrogen and oxygen atoms in total. The van der Waals surface area contributed by atoms with Gasteiger partial charge in [0.15, 0.2) is 0 Å². The molecule has 2 aromatic rings. The van der Waals surface area contributed by atoms with E-state index in [0.717, 1.165) is 16.9 Å². The average molecular weight is 474 g/mol. The van der Waals surface area contributed by atoms with Crippen molar-refractivity contribution < 1.29 is 18.0 Å². The fourth-order valence-electron chi connectivity index (χ4n) is 3.74. The Hall–Kier alpha value is -2.98. The molecule has 178 valence electrons. The Morgan fingerprint density at radius 3 is 2.36 bits per heavy atom. The highest BCUT2D eigenvalue weighted by Gasteiger charge is 2.27. The molecule has 10 heteroatoms. The van der Waals surface area contributed by atoms with Crippen molar-refractivity contribution in [3.05, 3.63) is 59.8 Å². The maximum absolute atomic E-state index is 12.7. The van der Waals surface area contributed by atoms with E-state index < -0.39 is 16.1 Å². The summed E-state index contributed by atoms with van der Waals surface area (Å²) in [7, 11) is -3.49. The lowest BCUT2D eigenvalue weighted by Gasteiger charge is -2.34. The molecule has 1 aliphatic heterocycles. The standard InChI is InChI=1S/C23H31N5O4S/c1-18-6-8-20(9-7-18)21(26-19(2)29)17-23(30)25-11-16-33(31,32)28-14-12-27(13-15-28)22-5-3-4-10-24-22/h3-10,21H,11-17H2,1-2H3,(H,25,30)(H,26,29). The maximum Gasteiger partial charge on any atom is 0.222 e. The van der Waals surface area contributed by atoms with Crippen LogP contribution in [-0.2, 0) is 19.6 Å². The molecule has 0 spiro atoms. The largest absolute Gasteiger partial charge is 0.355 e. The van der Waals surface area contributed by atoms with E-state index in [1.165, 1.54) is 11.2 Å². The number of aryl methyl sites for hydroxylation is 1. The molecular weight excluding hydrogens is 442 g/mol. The Morgan fingerprint density at radius 1 is 1.06 bits per heavy atom. The van der Waals surface area contributed by atoms with Crippen molar-refractivity contribution in [2.24, 2.45) is 0 Å². The van der Waals surface area contributed by atoms with E-state index in [1.807, 2.05) is 49.4 Å². The van der Waals surface area contributed by atoms with Crippen LogP contribution in [0.15, 0.2) is 48.7 Å². The summed E-state index contributed by atoms with van der Waals surface area (Å²) in [6, 6.07) is 12.8. The lowest BCUT2D eigenvalue weighted by Crippen LogP contribution is -2.50. The maximum atomic E-state index is 12.7. The first kappa shape index (κ1) is 24.7. The summed E-state index contributed by atoms with van der Waals surface area (Å²) in [6.45, 7) is 5.27. The Kier molecular flexibility index (Phi) is 8.40. The summed E-state index contributed by atoms with van der Waals surface area (Å²) in [4.78, 5) is 30.4. The van der Waals surface area contributed by atoms with Crippen LogP contribution < -0.4 is 15.5 Å². The zero-order valence-corrected chi connectivity index (χ0v) is 19.8. The quantitative estimate of drug-likeness (QED) is 0.567. The summed E-state index contributed by atoms with van der Waals surface area (Å²) in [6.07, 6.45) is 1.75. The van der Waals surface area contributed by atoms with Gasteiger partial charge in [-0.05, 0) is 24.6 Å². The zero-order chi connectivity index (χ0) is 23.8. The predicted octanol–water partition coefficient (Wildman–Crippen LogP) is 1.23. The molecule has 1 fully saturated rings. The van der Waals surface area contributed by atoms with Gasteiger partial charge in [0, 0.05) is 45.8 Å². The van der Waals surface area contributed by atoms with E-state index in [-0.39, 0.29) is 30.5 Å². The highest BCUT2D eigenvalue weighted by molar-refractivity contribution is 7.89. The van der Waals surface area contributed by atoms with Crippen LogP contribution >= 0.6 is 0 Å². The normalized spacial score (nSPS) is 15.6. The van der Waals surface area contributed by atoms with E-state index >= 15 is 0 Å². The summed E-state index contributed by atoms with van der Waals surface area (Å²) in [5.41, 5.74) is 1.90. The molecule has 3 rings (SSSR count). The van der Waals surface area contributed by atoms with Crippen molar-refractivity contribution in [3.8, 4) is 0 Å². The minimum atomic E-state index is -3.49. The molecule has 2 amide bonds. The molecule has 0 saturated carbocycles. The van der Waals surface area contributed by atoms with Gasteiger partial charge in [0.2, 0.25) is 21.8 Å². The SMILES string of the molecule is CC(=O)NC(CC(=O)NCCS(=O)(=O)N1CCN(c2ccccn2)CC1)c1ccc(C)cc1. The van der Waals surface area contributed by atoms with Crippen molar-refractivity contribution >= 4 is 27.7 Å². The Morgan fingerprint density at radius 2 is 1.76 bits per heavy atom. The number of rotatable bonds is 9. The Labute approximate surface area is 195 Å². The molecular formula is C23H31N5O4S. The molecule has 0 radical (unpaired) electrons. The van der Waals surface area contributed by atoms with Crippen LogP contribution in [-0.4, -0.2) is 68.0 Å². The summed E-state index contributed by atoms with van der Waals surface area (Å²) < 4.78 is 26.9. The molecule has 0 aliphatic carbocycles. The number of anilines is 1. The lowest BCUT2D eigenvalue weighted by molar-refractivity contribution is -0.122. The molecule has 0 bridgehead atoms. The van der Waals surface area contributed by atoms with Gasteiger partial charge in [0.05, 0.1) is 18.2 Å². The van der Waals surface area contributed by atoms with Gasteiger partial charge in [0.1, 0.15) is 5.82 Å². The van der Waals surface area contributed by atoms with Crippen molar-refractivity contribution in [1.29, 1.82) is 0 Å². The molecule has 1 saturated heterocycles. The van der Waals surface area contributed by atoms with Gasteiger partial charge in [-0.2, -0.15) is 4.31 Å². The predicted molar refractivity (Wildman–Crippen MR) is 127 cm³/mol. The number of aromatic nitrogens is 1. The third kappa shape index (κ3) is 7.26. The van der Waals surface area contributed by atoms with Crippen LogP contribution in [0.25, 0.3) is 0 Å². The fraction of sp³-hybridized carbons (Fsp3) is 0.435. The van der Waals surface area contributed by atoms with Gasteiger partial charge in [-0.1, -0.05) is 35.9 Å². The first-order chi connectivity index (χ1) is 15.7. The second-order valence-corrected chi connectivity index (χ2v) is 10.2. The number of amides is 2. The van der Waals surface area contributed by atoms with Crippen molar-refractivity contribution in [2.75, 3.05) is 43.4 Å². The lowest BCUT2D eigenvalue weighted by atomic mass is 10.0. The monoisotopic (exact) mass is 473 g/mol. The number of carbonyl (C=O) groups excluding carboxylic acids is 2. The molecule has 1 unspecified atom stereocenters. The van der Waals surface area contributed by atoms with Gasteiger partial charge in [-0.15, -0.1) is 0 Å². The highest BCUT2D eigenvalue weighted by Crippen LogP contribution is 2.18. The zero-order valence-electron chi connectivity index (χ0n) is 19.0. The van der Waals surface area contributed by atoms with Gasteiger partial charge < -0.3 is 15.5 Å². The van der Waals surface area contributed by atoms with E-state index in [1.54, 1.807) is 6.20 Å². The summed E-state index contributed by atoms with van der Waals surface area (Å²) in [5, 5.41) is 5.47. The van der Waals surface area contributed by atoms with Crippen molar-refractivity contribution in [3.63, 3.8) is 0 Å². The first-order valence-corrected chi connectivity index (χ1v) is 12.6. The molecule has 1 atom stereocenters. The molecule has 1 aromatic carbocycles. The highest BCUT2D eigenvalue weighted by atomic mass is 32.2. The topological polar surface area (TPSA) is 112 Å². The van der Waals surface area contributed by atoms with E-state index in [2.05, 4.69) is 20.5 Å². The second-order valence-electron chi connectivity index (χ2n) is 8.11. The van der Waals surface area contributed by atoms with Crippen LogP contribution in [0.1, 0.15) is 30.5 Å². The Balaban J connectivity index is 1.47. The number of piperazine rings is 1.